The van der Waals surface area contributed by atoms with Gasteiger partial charge in [0.1, 0.15) is 5.75 Å². The van der Waals surface area contributed by atoms with Crippen molar-refractivity contribution in [2.75, 3.05) is 32.0 Å². The fraction of sp³-hybridized carbons (Fsp3) is 0.480. The fourth-order valence-corrected chi connectivity index (χ4v) is 4.77. The molecule has 2 amide bonds. The van der Waals surface area contributed by atoms with Crippen LogP contribution in [0.25, 0.3) is 0 Å². The number of para-hydroxylation sites is 1. The highest BCUT2D eigenvalue weighted by Gasteiger charge is 2.35. The molecule has 1 aliphatic heterocycles. The number of rotatable bonds is 7. The Morgan fingerprint density at radius 2 is 1.88 bits per heavy atom. The van der Waals surface area contributed by atoms with E-state index in [0.717, 1.165) is 49.9 Å². The lowest BCUT2D eigenvalue weighted by molar-refractivity contribution is -0.136. The Hall–Kier alpha value is -2.45. The number of hydrogen-bond donors (Lipinski definition) is 1. The molecule has 0 atom stereocenters. The highest BCUT2D eigenvalue weighted by molar-refractivity contribution is 6.31. The van der Waals surface area contributed by atoms with E-state index in [1.807, 2.05) is 18.2 Å². The van der Waals surface area contributed by atoms with E-state index in [1.165, 1.54) is 35.9 Å². The summed E-state index contributed by atoms with van der Waals surface area (Å²) in [6, 6.07) is 10.2. The second-order valence-electron chi connectivity index (χ2n) is 9.17. The lowest BCUT2D eigenvalue weighted by Crippen LogP contribution is -2.43. The van der Waals surface area contributed by atoms with Crippen LogP contribution in [0.5, 0.6) is 5.75 Å². The molecule has 1 saturated carbocycles. The Labute approximate surface area is 202 Å². The van der Waals surface area contributed by atoms with E-state index in [1.54, 1.807) is 7.05 Å². The van der Waals surface area contributed by atoms with Crippen LogP contribution in [0.3, 0.4) is 0 Å². The van der Waals surface area contributed by atoms with Crippen molar-refractivity contribution in [2.45, 2.75) is 44.5 Å². The van der Waals surface area contributed by atoms with Crippen molar-refractivity contribution in [3.05, 3.63) is 58.6 Å². The van der Waals surface area contributed by atoms with Gasteiger partial charge in [-0.15, -0.1) is 0 Å². The van der Waals surface area contributed by atoms with Gasteiger partial charge in [0.15, 0.2) is 0 Å². The van der Waals surface area contributed by atoms with Gasteiger partial charge < -0.3 is 15.0 Å². The summed E-state index contributed by atoms with van der Waals surface area (Å²) in [6.45, 7) is 3.51. The van der Waals surface area contributed by atoms with Crippen molar-refractivity contribution in [3.63, 3.8) is 0 Å². The number of alkyl halides is 3. The van der Waals surface area contributed by atoms with Crippen LogP contribution in [-0.2, 0) is 12.7 Å². The predicted molar refractivity (Wildman–Crippen MR) is 126 cm³/mol. The highest BCUT2D eigenvalue weighted by atomic mass is 35.5. The zero-order chi connectivity index (χ0) is 24.3. The van der Waals surface area contributed by atoms with Gasteiger partial charge in [0.05, 0.1) is 17.4 Å². The number of nitrogens with zero attached hydrogens (tertiary/aromatic N) is 2. The largest absolute Gasteiger partial charge is 0.490 e. The predicted octanol–water partition coefficient (Wildman–Crippen LogP) is 6.28. The molecule has 1 heterocycles. The zero-order valence-corrected chi connectivity index (χ0v) is 19.8. The number of ether oxygens (including phenoxy) is 1. The van der Waals surface area contributed by atoms with E-state index < -0.39 is 17.8 Å². The highest BCUT2D eigenvalue weighted by Crippen LogP contribution is 2.36. The molecule has 0 bridgehead atoms. The quantitative estimate of drug-likeness (QED) is 0.492. The van der Waals surface area contributed by atoms with Crippen LogP contribution in [0, 0.1) is 5.92 Å². The van der Waals surface area contributed by atoms with Crippen molar-refractivity contribution in [1.82, 2.24) is 9.80 Å². The standard InChI is InChI=1S/C25H29ClF3N3O2/c1-31(24(33)30-23-7-3-2-6-21(23)25(27,28)29)15-17-12-20(13-17)34-19-9-8-18(22(26)14-19)16-32-10-4-5-11-32/h2-3,6-9,14,17,20H,4-5,10-13,15-16H2,1H3,(H,30,33). The van der Waals surface area contributed by atoms with E-state index >= 15 is 0 Å². The van der Waals surface area contributed by atoms with Gasteiger partial charge in [-0.3, -0.25) is 4.90 Å². The smallest absolute Gasteiger partial charge is 0.418 e. The summed E-state index contributed by atoms with van der Waals surface area (Å²) in [4.78, 5) is 16.2. The normalized spacial score (nSPS) is 20.6. The van der Waals surface area contributed by atoms with Gasteiger partial charge in [0.25, 0.3) is 0 Å². The van der Waals surface area contributed by atoms with E-state index in [-0.39, 0.29) is 17.7 Å². The first-order chi connectivity index (χ1) is 16.2. The molecule has 2 aromatic carbocycles. The minimum atomic E-state index is -4.53. The Balaban J connectivity index is 1.23. The van der Waals surface area contributed by atoms with Crippen LogP contribution in [-0.4, -0.2) is 48.6 Å². The number of carbonyl (C=O) groups excluding carboxylic acids is 1. The number of benzene rings is 2. The molecule has 0 unspecified atom stereocenters. The summed E-state index contributed by atoms with van der Waals surface area (Å²) >= 11 is 6.46. The summed E-state index contributed by atoms with van der Waals surface area (Å²) in [5.41, 5.74) is -0.00664. The first-order valence-electron chi connectivity index (χ1n) is 11.5. The molecule has 5 nitrogen and oxygen atoms in total. The third-order valence-electron chi connectivity index (χ3n) is 6.47. The minimum Gasteiger partial charge on any atom is -0.490 e. The Bertz CT molecular complexity index is 1010. The first kappa shape index (κ1) is 24.7. The molecule has 1 aliphatic carbocycles. The van der Waals surface area contributed by atoms with Crippen molar-refractivity contribution in [3.8, 4) is 5.75 Å². The van der Waals surface area contributed by atoms with Gasteiger partial charge in [-0.1, -0.05) is 29.8 Å². The van der Waals surface area contributed by atoms with Crippen LogP contribution in [0.2, 0.25) is 5.02 Å². The minimum absolute atomic E-state index is 0.0351. The number of carbonyl (C=O) groups is 1. The third-order valence-corrected chi connectivity index (χ3v) is 6.82. The second kappa shape index (κ2) is 10.4. The molecule has 1 N–H and O–H groups in total. The molecule has 184 valence electrons. The lowest BCUT2D eigenvalue weighted by atomic mass is 9.82. The Kier molecular flexibility index (Phi) is 7.57. The van der Waals surface area contributed by atoms with Gasteiger partial charge in [0.2, 0.25) is 0 Å². The maximum Gasteiger partial charge on any atom is 0.418 e. The first-order valence-corrected chi connectivity index (χ1v) is 11.9. The molecule has 34 heavy (non-hydrogen) atoms. The van der Waals surface area contributed by atoms with Crippen LogP contribution >= 0.6 is 11.6 Å². The zero-order valence-electron chi connectivity index (χ0n) is 19.1. The van der Waals surface area contributed by atoms with E-state index in [9.17, 15) is 18.0 Å². The molecule has 0 aromatic heterocycles. The topological polar surface area (TPSA) is 44.8 Å². The summed E-state index contributed by atoms with van der Waals surface area (Å²) in [6.07, 6.45) is -0.490. The molecule has 2 aromatic rings. The second-order valence-corrected chi connectivity index (χ2v) is 9.57. The number of halogens is 4. The van der Waals surface area contributed by atoms with E-state index in [2.05, 4.69) is 10.2 Å². The number of amides is 2. The van der Waals surface area contributed by atoms with Gasteiger partial charge in [0, 0.05) is 25.2 Å². The number of likely N-dealkylation sites (tertiary alicyclic amines) is 1. The van der Waals surface area contributed by atoms with E-state index in [4.69, 9.17) is 16.3 Å². The number of hydrogen-bond acceptors (Lipinski definition) is 3. The monoisotopic (exact) mass is 495 g/mol. The Morgan fingerprint density at radius 3 is 2.56 bits per heavy atom. The van der Waals surface area contributed by atoms with Gasteiger partial charge in [-0.2, -0.15) is 13.2 Å². The van der Waals surface area contributed by atoms with Gasteiger partial charge in [-0.05, 0) is 74.5 Å². The lowest BCUT2D eigenvalue weighted by Gasteiger charge is -2.37. The summed E-state index contributed by atoms with van der Waals surface area (Å²) in [7, 11) is 1.58. The molecule has 0 radical (unpaired) electrons. The van der Waals surface area contributed by atoms with Crippen LogP contribution < -0.4 is 10.1 Å². The van der Waals surface area contributed by atoms with Crippen LogP contribution in [0.15, 0.2) is 42.5 Å². The summed E-state index contributed by atoms with van der Waals surface area (Å²) in [5.74, 6) is 0.956. The fourth-order valence-electron chi connectivity index (χ4n) is 4.54. The van der Waals surface area contributed by atoms with Crippen LogP contribution in [0.4, 0.5) is 23.7 Å². The number of anilines is 1. The average molecular weight is 496 g/mol. The molecule has 2 fully saturated rings. The maximum absolute atomic E-state index is 13.1. The summed E-state index contributed by atoms with van der Waals surface area (Å²) < 4.78 is 45.5. The SMILES string of the molecule is CN(CC1CC(Oc2ccc(CN3CCCC3)c(Cl)c2)C1)C(=O)Nc1ccccc1C(F)(F)F. The van der Waals surface area contributed by atoms with Crippen LogP contribution in [0.1, 0.15) is 36.8 Å². The van der Waals surface area contributed by atoms with Gasteiger partial charge >= 0.3 is 12.2 Å². The Morgan fingerprint density at radius 1 is 1.18 bits per heavy atom. The molecule has 0 spiro atoms. The molecule has 9 heteroatoms. The molecule has 2 aliphatic rings. The number of nitrogens with one attached hydrogen (secondary N) is 1. The average Bonchev–Trinajstić information content (AvgIpc) is 3.26. The third kappa shape index (κ3) is 6.16. The van der Waals surface area contributed by atoms with Crippen molar-refractivity contribution >= 4 is 23.3 Å². The summed E-state index contributed by atoms with van der Waals surface area (Å²) in [5, 5.41) is 3.08. The molecular weight excluding hydrogens is 467 g/mol. The molecular formula is C25H29ClF3N3O2. The molecule has 4 rings (SSSR count). The van der Waals surface area contributed by atoms with Gasteiger partial charge in [-0.25, -0.2) is 4.79 Å². The molecule has 1 saturated heterocycles. The van der Waals surface area contributed by atoms with E-state index in [0.29, 0.717) is 11.6 Å². The number of urea groups is 1. The van der Waals surface area contributed by atoms with Crippen molar-refractivity contribution in [2.24, 2.45) is 5.92 Å². The van der Waals surface area contributed by atoms with Crippen molar-refractivity contribution in [1.29, 1.82) is 0 Å². The van der Waals surface area contributed by atoms with Crippen molar-refractivity contribution < 1.29 is 22.7 Å². The maximum atomic E-state index is 13.1.